The van der Waals surface area contributed by atoms with Crippen LogP contribution in [0.2, 0.25) is 0 Å². The molecule has 0 unspecified atom stereocenters. The van der Waals surface area contributed by atoms with Gasteiger partial charge < -0.3 is 5.32 Å². The molecular weight excluding hydrogens is 296 g/mol. The van der Waals surface area contributed by atoms with E-state index in [1.165, 1.54) is 11.1 Å². The van der Waals surface area contributed by atoms with Crippen LogP contribution in [0.5, 0.6) is 0 Å². The Hall–Kier alpha value is -2.14. The lowest BCUT2D eigenvalue weighted by molar-refractivity contribution is 0.598. The number of nitrogens with one attached hydrogen (secondary N) is 1. The molecule has 1 aliphatic heterocycles. The number of hydrogen-bond acceptors (Lipinski definition) is 2. The summed E-state index contributed by atoms with van der Waals surface area (Å²) in [6, 6.07) is 12.8. The van der Waals surface area contributed by atoms with Crippen molar-refractivity contribution < 1.29 is 8.42 Å². The monoisotopic (exact) mass is 314 g/mol. The Morgan fingerprint density at radius 1 is 0.955 bits per heavy atom. The summed E-state index contributed by atoms with van der Waals surface area (Å²) >= 11 is 0. The van der Waals surface area contributed by atoms with Crippen molar-refractivity contribution in [1.82, 2.24) is 0 Å². The van der Waals surface area contributed by atoms with Crippen LogP contribution in [0.1, 0.15) is 23.1 Å². The van der Waals surface area contributed by atoms with E-state index >= 15 is 0 Å². The van der Waals surface area contributed by atoms with Crippen molar-refractivity contribution in [2.45, 2.75) is 31.6 Å². The van der Waals surface area contributed by atoms with Crippen molar-refractivity contribution in [2.24, 2.45) is 4.40 Å². The predicted octanol–water partition coefficient (Wildman–Crippen LogP) is 3.45. The van der Waals surface area contributed by atoms with Crippen molar-refractivity contribution in [3.05, 3.63) is 59.2 Å². The molecule has 2 aromatic rings. The maximum atomic E-state index is 12.4. The normalized spacial score (nSPS) is 16.2. The summed E-state index contributed by atoms with van der Waals surface area (Å²) < 4.78 is 28.7. The first-order valence-electron chi connectivity index (χ1n) is 7.21. The molecule has 3 rings (SSSR count). The Kier molecular flexibility index (Phi) is 3.74. The van der Waals surface area contributed by atoms with Gasteiger partial charge in [0, 0.05) is 12.1 Å². The minimum atomic E-state index is -3.66. The summed E-state index contributed by atoms with van der Waals surface area (Å²) in [5.41, 5.74) is 4.36. The van der Waals surface area contributed by atoms with Gasteiger partial charge >= 0.3 is 0 Å². The molecule has 0 saturated carbocycles. The lowest BCUT2D eigenvalue weighted by atomic mass is 10.0. The van der Waals surface area contributed by atoms with E-state index in [2.05, 4.69) is 15.8 Å². The lowest BCUT2D eigenvalue weighted by Gasteiger charge is -2.20. The van der Waals surface area contributed by atoms with Gasteiger partial charge in [-0.25, -0.2) is 0 Å². The van der Waals surface area contributed by atoms with Gasteiger partial charge in [-0.1, -0.05) is 35.4 Å². The van der Waals surface area contributed by atoms with Gasteiger partial charge in [0.15, 0.2) is 0 Å². The fraction of sp³-hybridized carbons (Fsp3) is 0.235. The van der Waals surface area contributed by atoms with Gasteiger partial charge in [0.1, 0.15) is 5.84 Å². The largest absolute Gasteiger partial charge is 0.343 e. The van der Waals surface area contributed by atoms with Crippen LogP contribution in [0.15, 0.2) is 51.8 Å². The van der Waals surface area contributed by atoms with Crippen LogP contribution in [-0.2, 0) is 16.4 Å². The number of benzene rings is 2. The average Bonchev–Trinajstić information content (AvgIpc) is 2.47. The molecule has 22 heavy (non-hydrogen) atoms. The molecule has 2 aromatic carbocycles. The van der Waals surface area contributed by atoms with E-state index in [0.717, 1.165) is 17.7 Å². The number of fused-ring (bicyclic) bond motifs is 1. The van der Waals surface area contributed by atoms with E-state index in [0.29, 0.717) is 12.3 Å². The molecule has 0 saturated heterocycles. The van der Waals surface area contributed by atoms with Gasteiger partial charge in [-0.05, 0) is 44.0 Å². The highest BCUT2D eigenvalue weighted by molar-refractivity contribution is 7.90. The van der Waals surface area contributed by atoms with Crippen LogP contribution in [0, 0.1) is 13.8 Å². The molecule has 114 valence electrons. The molecule has 1 aliphatic rings. The van der Waals surface area contributed by atoms with Crippen molar-refractivity contribution >= 4 is 21.5 Å². The zero-order chi connectivity index (χ0) is 15.7. The average molecular weight is 314 g/mol. The van der Waals surface area contributed by atoms with Gasteiger partial charge in [-0.15, -0.1) is 4.40 Å². The number of amidine groups is 1. The highest BCUT2D eigenvalue weighted by atomic mass is 32.2. The summed E-state index contributed by atoms with van der Waals surface area (Å²) in [4.78, 5) is 0.224. The number of sulfonamides is 1. The summed E-state index contributed by atoms with van der Waals surface area (Å²) in [6.45, 7) is 3.97. The lowest BCUT2D eigenvalue weighted by Crippen LogP contribution is -2.21. The molecule has 0 atom stereocenters. The Balaban J connectivity index is 1.89. The molecule has 5 heteroatoms. The van der Waals surface area contributed by atoms with Crippen LogP contribution in [0.25, 0.3) is 0 Å². The van der Waals surface area contributed by atoms with E-state index < -0.39 is 10.0 Å². The number of anilines is 1. The molecule has 4 nitrogen and oxygen atoms in total. The summed E-state index contributed by atoms with van der Waals surface area (Å²) in [7, 11) is -3.66. The zero-order valence-electron chi connectivity index (χ0n) is 12.6. The second-order valence-electron chi connectivity index (χ2n) is 5.61. The minimum Gasteiger partial charge on any atom is -0.343 e. The van der Waals surface area contributed by atoms with Crippen LogP contribution in [0.3, 0.4) is 0 Å². The summed E-state index contributed by atoms with van der Waals surface area (Å²) in [6.07, 6.45) is 1.40. The fourth-order valence-corrected chi connectivity index (χ4v) is 3.51. The van der Waals surface area contributed by atoms with E-state index in [1.54, 1.807) is 24.3 Å². The van der Waals surface area contributed by atoms with Crippen molar-refractivity contribution in [3.63, 3.8) is 0 Å². The Morgan fingerprint density at radius 2 is 1.64 bits per heavy atom. The fourth-order valence-electron chi connectivity index (χ4n) is 2.50. The highest BCUT2D eigenvalue weighted by Gasteiger charge is 2.18. The smallest absolute Gasteiger partial charge is 0.283 e. The summed E-state index contributed by atoms with van der Waals surface area (Å²) in [5.74, 6) is 0.497. The second kappa shape index (κ2) is 5.57. The molecule has 1 heterocycles. The first-order chi connectivity index (χ1) is 10.4. The van der Waals surface area contributed by atoms with Crippen molar-refractivity contribution in [1.29, 1.82) is 0 Å². The van der Waals surface area contributed by atoms with Crippen LogP contribution in [0.4, 0.5) is 5.69 Å². The van der Waals surface area contributed by atoms with Crippen LogP contribution in [-0.4, -0.2) is 14.3 Å². The SMILES string of the molecule is Cc1ccc(S(=O)(=O)N=C2CCc3cc(C)ccc3N2)cc1. The molecule has 0 fully saturated rings. The first kappa shape index (κ1) is 14.8. The third-order valence-electron chi connectivity index (χ3n) is 3.72. The van der Waals surface area contributed by atoms with E-state index in [1.807, 2.05) is 26.0 Å². The topological polar surface area (TPSA) is 58.5 Å². The van der Waals surface area contributed by atoms with Gasteiger partial charge in [-0.3, -0.25) is 0 Å². The van der Waals surface area contributed by atoms with Gasteiger partial charge in [0.05, 0.1) is 4.90 Å². The maximum Gasteiger partial charge on any atom is 0.283 e. The molecule has 0 spiro atoms. The highest BCUT2D eigenvalue weighted by Crippen LogP contribution is 2.25. The maximum absolute atomic E-state index is 12.4. The number of hydrogen-bond donors (Lipinski definition) is 1. The standard InChI is InChI=1S/C17H18N2O2S/c1-12-3-7-15(8-4-12)22(20,21)19-17-10-6-14-11-13(2)5-9-16(14)18-17/h3-5,7-9,11H,6,10H2,1-2H3,(H,18,19). The predicted molar refractivity (Wildman–Crippen MR) is 88.9 cm³/mol. The zero-order valence-corrected chi connectivity index (χ0v) is 13.4. The summed E-state index contributed by atoms with van der Waals surface area (Å²) in [5, 5.41) is 3.13. The Bertz CT molecular complexity index is 837. The van der Waals surface area contributed by atoms with Crippen molar-refractivity contribution in [3.8, 4) is 0 Å². The molecule has 0 bridgehead atoms. The molecule has 0 amide bonds. The second-order valence-corrected chi connectivity index (χ2v) is 7.22. The molecule has 0 aromatic heterocycles. The van der Waals surface area contributed by atoms with E-state index in [4.69, 9.17) is 0 Å². The number of aryl methyl sites for hydroxylation is 3. The molecule has 0 aliphatic carbocycles. The van der Waals surface area contributed by atoms with Gasteiger partial charge in [-0.2, -0.15) is 8.42 Å². The minimum absolute atomic E-state index is 0.224. The molecular formula is C17H18N2O2S. The van der Waals surface area contributed by atoms with E-state index in [-0.39, 0.29) is 4.90 Å². The molecule has 1 N–H and O–H groups in total. The number of rotatable bonds is 2. The van der Waals surface area contributed by atoms with Crippen LogP contribution < -0.4 is 5.32 Å². The third-order valence-corrected chi connectivity index (χ3v) is 5.05. The van der Waals surface area contributed by atoms with Crippen molar-refractivity contribution in [2.75, 3.05) is 5.32 Å². The first-order valence-corrected chi connectivity index (χ1v) is 8.65. The Labute approximate surface area is 131 Å². The van der Waals surface area contributed by atoms with Crippen LogP contribution >= 0.6 is 0 Å². The van der Waals surface area contributed by atoms with Gasteiger partial charge in [0.2, 0.25) is 0 Å². The Morgan fingerprint density at radius 3 is 2.36 bits per heavy atom. The number of nitrogens with zero attached hydrogens (tertiary/aromatic N) is 1. The third kappa shape index (κ3) is 3.04. The van der Waals surface area contributed by atoms with E-state index in [9.17, 15) is 8.42 Å². The molecule has 0 radical (unpaired) electrons. The quantitative estimate of drug-likeness (QED) is 0.923. The van der Waals surface area contributed by atoms with Gasteiger partial charge in [0.25, 0.3) is 10.0 Å².